The lowest BCUT2D eigenvalue weighted by Gasteiger charge is -2.19. The van der Waals surface area contributed by atoms with Gasteiger partial charge < -0.3 is 20.1 Å². The van der Waals surface area contributed by atoms with Gasteiger partial charge in [-0.25, -0.2) is 4.57 Å². The lowest BCUT2D eigenvalue weighted by molar-refractivity contribution is -0.161. The van der Waals surface area contributed by atoms with E-state index in [4.69, 9.17) is 24.3 Å². The van der Waals surface area contributed by atoms with Gasteiger partial charge in [0.25, 0.3) is 0 Å². The molecular formula is C79H140NO8P. The predicted octanol–water partition coefficient (Wildman–Crippen LogP) is 24.9. The normalized spacial score (nSPS) is 13.5. The van der Waals surface area contributed by atoms with Crippen LogP contribution in [0.1, 0.15) is 348 Å². The zero-order chi connectivity index (χ0) is 64.4. The van der Waals surface area contributed by atoms with Crippen LogP contribution >= 0.6 is 7.82 Å². The SMILES string of the molecule is CC/C=C\C/C=C\C/C=C\C/C=C\C/C=C\C/C=C\C/C=C\C/C=C\C/C=C\CCCCCC(=O)OC(COC(=O)CCCCCCCCCCCCCCCCCCCCCCCCCCCCCCCCCCCCCCC)COP(=O)(O)OCCN. The molecule has 2 atom stereocenters. The van der Waals surface area contributed by atoms with Crippen LogP contribution < -0.4 is 5.73 Å². The van der Waals surface area contributed by atoms with Gasteiger partial charge in [-0.05, 0) is 83.5 Å². The van der Waals surface area contributed by atoms with Gasteiger partial charge in [0.1, 0.15) is 6.61 Å². The summed E-state index contributed by atoms with van der Waals surface area (Å²) in [7, 11) is -4.41. The Kier molecular flexibility index (Phi) is 71.0. The minimum Gasteiger partial charge on any atom is -0.462 e. The molecule has 0 aromatic rings. The second-order valence-electron chi connectivity index (χ2n) is 24.8. The molecule has 0 aliphatic heterocycles. The van der Waals surface area contributed by atoms with Crippen molar-refractivity contribution in [3.05, 3.63) is 109 Å². The van der Waals surface area contributed by atoms with Crippen LogP contribution in [-0.4, -0.2) is 49.3 Å². The van der Waals surface area contributed by atoms with Crippen molar-refractivity contribution in [1.29, 1.82) is 0 Å². The van der Waals surface area contributed by atoms with Crippen LogP contribution in [-0.2, 0) is 32.7 Å². The number of phosphoric ester groups is 1. The molecule has 2 unspecified atom stereocenters. The number of hydrogen-bond donors (Lipinski definition) is 2. The summed E-state index contributed by atoms with van der Waals surface area (Å²) in [6.07, 6.45) is 102. The average molecular weight is 1260 g/mol. The van der Waals surface area contributed by atoms with E-state index in [2.05, 4.69) is 123 Å². The van der Waals surface area contributed by atoms with E-state index in [0.717, 1.165) is 96.3 Å². The number of carbonyl (C=O) groups is 2. The summed E-state index contributed by atoms with van der Waals surface area (Å²) < 4.78 is 33.2. The number of nitrogens with two attached hydrogens (primary N) is 1. The molecule has 0 heterocycles. The Labute approximate surface area is 549 Å². The number of phosphoric acid groups is 1. The van der Waals surface area contributed by atoms with Gasteiger partial charge in [-0.3, -0.25) is 18.6 Å². The molecule has 0 aliphatic carbocycles. The van der Waals surface area contributed by atoms with Crippen LogP contribution in [0.15, 0.2) is 109 Å². The van der Waals surface area contributed by atoms with Crippen LogP contribution in [0, 0.1) is 0 Å². The standard InChI is InChI=1S/C79H140NO8P/c1-3-5-7-9-11-13-15-17-19-21-23-25-27-29-31-33-35-36-37-38-39-40-42-43-45-47-49-51-53-55-57-59-61-63-65-67-69-71-78(81)85-75-77(76-87-89(83,84)86-74-73-80)88-79(82)72-70-68-66-64-62-60-58-56-54-52-50-48-46-44-41-34-32-30-28-26-24-22-20-18-16-14-12-10-8-6-4-2/h6,8,12,14,18,20,24,26,30,32,41,44,48,50,54,56,60,62,77H,3-5,7,9-11,13,15-17,19,21-23,25,27-29,31,33-40,42-43,45-47,49,51-53,55,57-59,61,63-76,80H2,1-2H3,(H,83,84)/b8-6-,14-12-,20-18-,26-24-,32-30-,44-41-,50-48-,56-54-,62-60-. The van der Waals surface area contributed by atoms with Crippen molar-refractivity contribution in [2.75, 3.05) is 26.4 Å². The van der Waals surface area contributed by atoms with Crippen molar-refractivity contribution in [3.63, 3.8) is 0 Å². The highest BCUT2D eigenvalue weighted by Crippen LogP contribution is 2.43. The zero-order valence-electron chi connectivity index (χ0n) is 57.9. The van der Waals surface area contributed by atoms with Gasteiger partial charge in [0.05, 0.1) is 13.2 Å². The Balaban J connectivity index is 3.89. The first kappa shape index (κ1) is 85.7. The lowest BCUT2D eigenvalue weighted by atomic mass is 10.0. The van der Waals surface area contributed by atoms with Crippen LogP contribution in [0.2, 0.25) is 0 Å². The van der Waals surface area contributed by atoms with Crippen LogP contribution in [0.3, 0.4) is 0 Å². The number of unbranched alkanes of at least 4 members (excludes halogenated alkanes) is 39. The molecule has 0 aromatic heterocycles. The zero-order valence-corrected chi connectivity index (χ0v) is 58.8. The molecule has 0 spiro atoms. The minimum atomic E-state index is -4.41. The monoisotopic (exact) mass is 1260 g/mol. The topological polar surface area (TPSA) is 134 Å². The number of carbonyl (C=O) groups excluding carboxylic acids is 2. The molecule has 9 nitrogen and oxygen atoms in total. The highest BCUT2D eigenvalue weighted by molar-refractivity contribution is 7.47. The van der Waals surface area contributed by atoms with Gasteiger partial charge in [0.15, 0.2) is 6.10 Å². The van der Waals surface area contributed by atoms with Gasteiger partial charge in [0, 0.05) is 19.4 Å². The fourth-order valence-corrected chi connectivity index (χ4v) is 11.5. The molecule has 89 heavy (non-hydrogen) atoms. The van der Waals surface area contributed by atoms with Crippen LogP contribution in [0.25, 0.3) is 0 Å². The first-order valence-corrected chi connectivity index (χ1v) is 38.9. The molecule has 0 saturated heterocycles. The van der Waals surface area contributed by atoms with Gasteiger partial charge in [-0.2, -0.15) is 0 Å². The second-order valence-corrected chi connectivity index (χ2v) is 26.2. The first-order chi connectivity index (χ1) is 43.8. The maximum absolute atomic E-state index is 12.8. The fourth-order valence-electron chi connectivity index (χ4n) is 10.7. The smallest absolute Gasteiger partial charge is 0.462 e. The highest BCUT2D eigenvalue weighted by Gasteiger charge is 2.26. The van der Waals surface area contributed by atoms with Crippen LogP contribution in [0.5, 0.6) is 0 Å². The Morgan fingerprint density at radius 2 is 0.618 bits per heavy atom. The Morgan fingerprint density at radius 3 is 0.921 bits per heavy atom. The van der Waals surface area contributed by atoms with Gasteiger partial charge >= 0.3 is 19.8 Å². The van der Waals surface area contributed by atoms with E-state index in [9.17, 15) is 19.0 Å². The molecule has 0 rings (SSSR count). The largest absolute Gasteiger partial charge is 0.472 e. The summed E-state index contributed by atoms with van der Waals surface area (Å²) in [6.45, 7) is 3.63. The first-order valence-electron chi connectivity index (χ1n) is 37.4. The van der Waals surface area contributed by atoms with E-state index >= 15 is 0 Å². The number of rotatable bonds is 70. The van der Waals surface area contributed by atoms with E-state index < -0.39 is 26.5 Å². The number of ether oxygens (including phenoxy) is 2. The molecule has 0 bridgehead atoms. The maximum atomic E-state index is 12.8. The van der Waals surface area contributed by atoms with Crippen molar-refractivity contribution < 1.29 is 37.6 Å². The number of allylic oxidation sites excluding steroid dienone is 18. The molecule has 0 aliphatic rings. The Bertz CT molecular complexity index is 1830. The molecule has 0 fully saturated rings. The molecule has 3 N–H and O–H groups in total. The van der Waals surface area contributed by atoms with Crippen molar-refractivity contribution in [2.45, 2.75) is 354 Å². The third-order valence-electron chi connectivity index (χ3n) is 16.2. The molecule has 0 amide bonds. The summed E-state index contributed by atoms with van der Waals surface area (Å²) in [5.74, 6) is -0.860. The second kappa shape index (κ2) is 73.7. The van der Waals surface area contributed by atoms with E-state index in [1.54, 1.807) is 0 Å². The Hall–Kier alpha value is -3.33. The maximum Gasteiger partial charge on any atom is 0.472 e. The summed E-state index contributed by atoms with van der Waals surface area (Å²) >= 11 is 0. The molecular weight excluding hydrogens is 1120 g/mol. The molecule has 10 heteroatoms. The van der Waals surface area contributed by atoms with Gasteiger partial charge in [-0.1, -0.05) is 361 Å². The van der Waals surface area contributed by atoms with E-state index in [0.29, 0.717) is 6.42 Å². The number of hydrogen-bond acceptors (Lipinski definition) is 8. The van der Waals surface area contributed by atoms with Crippen LogP contribution in [0.4, 0.5) is 0 Å². The van der Waals surface area contributed by atoms with E-state index in [1.165, 1.54) is 218 Å². The highest BCUT2D eigenvalue weighted by atomic mass is 31.2. The van der Waals surface area contributed by atoms with E-state index in [1.807, 2.05) is 0 Å². The third kappa shape index (κ3) is 73.6. The molecule has 514 valence electrons. The molecule has 0 saturated carbocycles. The predicted molar refractivity (Wildman–Crippen MR) is 385 cm³/mol. The third-order valence-corrected chi connectivity index (χ3v) is 17.2. The summed E-state index contributed by atoms with van der Waals surface area (Å²) in [5, 5.41) is 0. The number of esters is 2. The molecule has 0 aromatic carbocycles. The lowest BCUT2D eigenvalue weighted by Crippen LogP contribution is -2.29. The quantitative estimate of drug-likeness (QED) is 0.0264. The minimum absolute atomic E-state index is 0.0433. The fraction of sp³-hybridized carbons (Fsp3) is 0.747. The summed E-state index contributed by atoms with van der Waals surface area (Å²) in [6, 6.07) is 0. The van der Waals surface area contributed by atoms with Crippen molar-refractivity contribution in [2.24, 2.45) is 5.73 Å². The summed E-state index contributed by atoms with van der Waals surface area (Å²) in [5.41, 5.74) is 5.40. The van der Waals surface area contributed by atoms with Gasteiger partial charge in [-0.15, -0.1) is 0 Å². The van der Waals surface area contributed by atoms with Gasteiger partial charge in [0.2, 0.25) is 0 Å². The summed E-state index contributed by atoms with van der Waals surface area (Å²) in [4.78, 5) is 35.4. The van der Waals surface area contributed by atoms with Crippen molar-refractivity contribution in [3.8, 4) is 0 Å². The van der Waals surface area contributed by atoms with Crippen molar-refractivity contribution in [1.82, 2.24) is 0 Å². The molecule has 0 radical (unpaired) electrons. The van der Waals surface area contributed by atoms with E-state index in [-0.39, 0.29) is 38.6 Å². The Morgan fingerprint density at radius 1 is 0.348 bits per heavy atom. The average Bonchev–Trinajstić information content (AvgIpc) is 3.68. The van der Waals surface area contributed by atoms with Crippen molar-refractivity contribution >= 4 is 19.8 Å².